The summed E-state index contributed by atoms with van der Waals surface area (Å²) in [6, 6.07) is 28.8. The van der Waals surface area contributed by atoms with Crippen molar-refractivity contribution in [1.29, 1.82) is 3.55 Å². The number of carbonyl (C=O) groups is 12. The Labute approximate surface area is 809 Å². The molecule has 22 nitrogen and oxygen atoms in total. The summed E-state index contributed by atoms with van der Waals surface area (Å²) in [5.41, 5.74) is 14.2. The number of halogens is 1. The molecule has 8 saturated carbocycles. The number of benzene rings is 8. The third-order valence-electron chi connectivity index (χ3n) is 30.2. The molecule has 16 aliphatic rings. The summed E-state index contributed by atoms with van der Waals surface area (Å²) in [7, 11) is 0. The lowest BCUT2D eigenvalue weighted by atomic mass is 9.83. The molecule has 0 radical (unpaired) electrons. The summed E-state index contributed by atoms with van der Waals surface area (Å²) < 4.78 is 20.3. The number of hydrogen-bond donors (Lipinski definition) is 2. The van der Waals surface area contributed by atoms with Crippen LogP contribution in [0.5, 0.6) is 0 Å². The normalized spacial score (nSPS) is 21.5. The van der Waals surface area contributed by atoms with Gasteiger partial charge in [0, 0.05) is 156 Å². The van der Waals surface area contributed by atoms with E-state index in [1.807, 2.05) is 68.1 Å². The fourth-order valence-electron chi connectivity index (χ4n) is 23.6. The molecule has 8 aliphatic carbocycles. The van der Waals surface area contributed by atoms with Crippen molar-refractivity contribution in [3.05, 3.63) is 186 Å². The zero-order valence-electron chi connectivity index (χ0n) is 74.6. The SMILES string of the molecule is C.C.NC1CCCCC1.O=C1OC(=O)c2ccc3c4c(ccc1c24)C(=O)OC3=O.O=C1c2ccc3c4c(ccc(c24)C(=O)N1C1CCCCC1)C(=O)N(C1CCCCC1)C3=O.O=C1c2ccc3c4c(ccc(c24)C(=S)N1C1CCCCC1)C(=O)N(C1CCCCC1)C3=S.O=C1c2ccc3c4c(ccc(c24)C(=S)N1C1CCCCC1)C(=S)N(C1CCCCC1)C3=O.[2H]N=IC1CCCCC1. The number of esters is 4. The largest absolute Gasteiger partial charge is 0.386 e. The van der Waals surface area contributed by atoms with E-state index in [4.69, 9.17) is 56.0 Å². The second-order valence-electron chi connectivity index (χ2n) is 38.0. The molecular weight excluding hydrogens is 1860 g/mol. The smallest absolute Gasteiger partial charge is 0.346 e. The predicted molar refractivity (Wildman–Crippen MR) is 537 cm³/mol. The highest BCUT2D eigenvalue weighted by Crippen LogP contribution is 2.48. The average Bonchev–Trinajstić information content (AvgIpc) is 1.39. The van der Waals surface area contributed by atoms with Gasteiger partial charge in [-0.3, -0.25) is 71.3 Å². The van der Waals surface area contributed by atoms with Gasteiger partial charge in [-0.25, -0.2) is 19.2 Å². The lowest BCUT2D eigenvalue weighted by molar-refractivity contribution is 0.0366. The number of nitrogens with one attached hydrogen (secondary N) is 1. The van der Waals surface area contributed by atoms with Gasteiger partial charge in [-0.2, -0.15) is 0 Å². The Morgan fingerprint density at radius 1 is 0.241 bits per heavy atom. The molecule has 8 aromatic rings. The highest BCUT2D eigenvalue weighted by atomic mass is 127. The van der Waals surface area contributed by atoms with Crippen molar-refractivity contribution < 1.29 is 68.4 Å². The highest BCUT2D eigenvalue weighted by Gasteiger charge is 2.48. The summed E-state index contributed by atoms with van der Waals surface area (Å²) in [6.07, 6.45) is 45.2. The summed E-state index contributed by atoms with van der Waals surface area (Å²) in [6.45, 7) is 0. The number of rotatable bonds is 7. The van der Waals surface area contributed by atoms with Gasteiger partial charge in [-0.1, -0.05) is 242 Å². The molecule has 0 spiro atoms. The second-order valence-corrected chi connectivity index (χ2v) is 41.9. The number of hydrogen-bond acceptors (Lipinski definition) is 20. The molecule has 8 fully saturated rings. The van der Waals surface area contributed by atoms with Gasteiger partial charge in [0.2, 0.25) is 0 Å². The van der Waals surface area contributed by atoms with Crippen LogP contribution in [-0.2, 0) is 9.47 Å². The molecule has 8 aromatic carbocycles. The second kappa shape index (κ2) is 40.2. The quantitative estimate of drug-likeness (QED) is 0.0374. The van der Waals surface area contributed by atoms with Crippen LogP contribution < -0.4 is 5.73 Å². The van der Waals surface area contributed by atoms with Crippen LogP contribution in [-0.4, -0.2) is 167 Å². The molecule has 8 heterocycles. The highest BCUT2D eigenvalue weighted by molar-refractivity contribution is 14.1. The molecule has 8 aliphatic heterocycles. The van der Waals surface area contributed by atoms with E-state index in [0.717, 1.165) is 215 Å². The van der Waals surface area contributed by atoms with Crippen molar-refractivity contribution in [1.82, 2.24) is 29.4 Å². The van der Waals surface area contributed by atoms with Crippen LogP contribution in [0.1, 0.15) is 418 Å². The maximum atomic E-state index is 13.6. The summed E-state index contributed by atoms with van der Waals surface area (Å²) >= 11 is 23.4. The number of imide groups is 2. The van der Waals surface area contributed by atoms with E-state index in [2.05, 4.69) is 13.0 Å². The minimum atomic E-state index is -0.794. The first-order valence-electron chi connectivity index (χ1n) is 48.3. The van der Waals surface area contributed by atoms with Crippen LogP contribution in [0.4, 0.5) is 0 Å². The van der Waals surface area contributed by atoms with Crippen molar-refractivity contribution in [2.24, 2.45) is 5.73 Å². The Bertz CT molecular complexity index is 5230. The zero-order valence-corrected chi connectivity index (χ0v) is 79.0. The van der Waals surface area contributed by atoms with Crippen LogP contribution in [0, 0.1) is 3.55 Å². The topological polar surface area (TPSA) is 293 Å². The minimum Gasteiger partial charge on any atom is -0.386 e. The molecule has 3 N–H and O–H groups in total. The van der Waals surface area contributed by atoms with E-state index in [1.54, 1.807) is 24.3 Å². The fraction of sp³-hybridized carbons (Fsp3) is 0.472. The van der Waals surface area contributed by atoms with Crippen molar-refractivity contribution in [3.8, 4) is 0 Å². The number of nitrogens with zero attached hydrogens (tertiary/aromatic N) is 6. The van der Waals surface area contributed by atoms with E-state index in [-0.39, 0.29) is 152 Å². The van der Waals surface area contributed by atoms with Gasteiger partial charge in [-0.15, -0.1) is 0 Å². The van der Waals surface area contributed by atoms with E-state index in [0.29, 0.717) is 81.3 Å². The number of amides is 8. The summed E-state index contributed by atoms with van der Waals surface area (Å²) in [4.78, 5) is 168. The monoisotopic (exact) mass is 1980 g/mol. The van der Waals surface area contributed by atoms with Crippen LogP contribution in [0.2, 0.25) is 1.41 Å². The van der Waals surface area contributed by atoms with Crippen molar-refractivity contribution in [2.45, 2.75) is 318 Å². The molecule has 0 atom stereocenters. The van der Waals surface area contributed by atoms with Gasteiger partial charge >= 0.3 is 23.9 Å². The Morgan fingerprint density at radius 2 is 0.398 bits per heavy atom. The Morgan fingerprint density at radius 3 is 0.594 bits per heavy atom. The first kappa shape index (κ1) is 93.5. The van der Waals surface area contributed by atoms with Gasteiger partial charge in [-0.05, 0) is 197 Å². The van der Waals surface area contributed by atoms with Gasteiger partial charge in [0.15, 0.2) is 1.41 Å². The standard InChI is InChI=1S/C26H26N2O4.2C26H26N2O2S2.C14H4O6.C6H12IN.C6H13N.2CH4/c29-23-17-11-13-19-22-20(26(32)28(25(19)31)16-9-5-2-6-10-16)14-12-18(21(17)22)24(30)27(23)15-7-3-1-4-8-15;29-23-17-11-14-20-22-18(24(30)28(26(20)32)16-9-5-2-6-10-16)12-13-19(21(17)22)25(31)27(23)15-7-3-1-4-8-15;29-23-17-11-12-18-22-20(26(32)28(24(18)30)16-9-5-2-6-10-16)14-13-19(21(17)22)25(31)27(23)15-7-3-1-4-8-15;15-11-5-1-2-6-10-8(14(18)20-12(6)16)4-3-7(9(5)10)13(17)19-11;8-7-6-4-2-1-3-5-6;7-6-4-2-1-3-5-6;;/h3*11-16H,1-10H2;1-4H;6,8H,1-5H2;6H,1-5,7H2;2*1H4/i/hD. The van der Waals surface area contributed by atoms with Gasteiger partial charge < -0.3 is 15.2 Å². The molecule has 694 valence electrons. The van der Waals surface area contributed by atoms with Crippen LogP contribution in [0.25, 0.3) is 43.1 Å². The Kier molecular flexibility index (Phi) is 28.2. The average molecular weight is 1980 g/mol. The number of carbonyl (C=O) groups excluding carboxylic acids is 12. The van der Waals surface area contributed by atoms with Crippen LogP contribution in [0.15, 0.2) is 97.1 Å². The van der Waals surface area contributed by atoms with Crippen LogP contribution in [0.3, 0.4) is 0 Å². The van der Waals surface area contributed by atoms with Gasteiger partial charge in [0.05, 0.1) is 22.3 Å². The number of cyclic esters (lactones) is 4. The molecule has 27 heteroatoms. The third kappa shape index (κ3) is 17.2. The van der Waals surface area contributed by atoms with E-state index < -0.39 is 23.9 Å². The first-order valence-corrected chi connectivity index (χ1v) is 51.7. The third-order valence-corrected chi connectivity index (χ3v) is 33.9. The van der Waals surface area contributed by atoms with Crippen molar-refractivity contribution in [3.63, 3.8) is 0 Å². The molecule has 0 saturated heterocycles. The molecule has 0 bridgehead atoms. The molecule has 133 heavy (non-hydrogen) atoms. The van der Waals surface area contributed by atoms with E-state index in [9.17, 15) is 57.5 Å². The van der Waals surface area contributed by atoms with Crippen molar-refractivity contribution >= 4 is 204 Å². The van der Waals surface area contributed by atoms with Gasteiger partial charge in [0.25, 0.3) is 47.3 Å². The molecule has 0 unspecified atom stereocenters. The van der Waals surface area contributed by atoms with Gasteiger partial charge in [0.1, 0.15) is 20.0 Å². The minimum absolute atomic E-state index is 0. The lowest BCUT2D eigenvalue weighted by Gasteiger charge is -2.40. The lowest BCUT2D eigenvalue weighted by Crippen LogP contribution is -2.49. The number of nitrogens with two attached hydrogens (primary N) is 1. The number of alkyl halides is 1. The van der Waals surface area contributed by atoms with E-state index >= 15 is 0 Å². The summed E-state index contributed by atoms with van der Waals surface area (Å²) in [5.74, 6) is -4.46. The molecule has 0 aromatic heterocycles. The maximum Gasteiger partial charge on any atom is 0.346 e. The maximum absolute atomic E-state index is 13.6. The molecule has 8 amide bonds. The molecular formula is C106H115IN8O14S4. The zero-order chi connectivity index (χ0) is 91.6. The summed E-state index contributed by atoms with van der Waals surface area (Å²) in [5, 5.41) is 4.78. The fourth-order valence-corrected chi connectivity index (χ4v) is 26.7. The Balaban J connectivity index is 0.000000118. The molecule has 24 rings (SSSR count). The first-order chi connectivity index (χ1) is 64.1. The van der Waals surface area contributed by atoms with E-state index in [1.165, 1.54) is 124 Å². The number of thiocarbonyl (C=S) groups is 4. The van der Waals surface area contributed by atoms with Crippen molar-refractivity contribution in [2.75, 3.05) is 0 Å². The Hall–Kier alpha value is -9.91. The van der Waals surface area contributed by atoms with Crippen LogP contribution >= 0.6 is 69.9 Å². The predicted octanol–water partition coefficient (Wildman–Crippen LogP) is 23.3. The number of ether oxygens (including phenoxy) is 2.